The molecule has 0 aromatic carbocycles. The summed E-state index contributed by atoms with van der Waals surface area (Å²) in [7, 11) is 0. The van der Waals surface area contributed by atoms with Crippen molar-refractivity contribution in [1.82, 2.24) is 4.98 Å². The third-order valence-corrected chi connectivity index (χ3v) is 3.29. The van der Waals surface area contributed by atoms with Gasteiger partial charge < -0.3 is 11.1 Å². The number of halogens is 1. The van der Waals surface area contributed by atoms with Crippen molar-refractivity contribution in [3.63, 3.8) is 0 Å². The number of hydrogen-bond acceptors (Lipinski definition) is 3. The molecule has 3 N–H and O–H groups in total. The summed E-state index contributed by atoms with van der Waals surface area (Å²) in [5, 5.41) is 3.77. The number of nitrogen functional groups attached to an aromatic ring is 1. The molecule has 18 heavy (non-hydrogen) atoms. The minimum absolute atomic E-state index is 0.242. The van der Waals surface area contributed by atoms with Crippen molar-refractivity contribution >= 4 is 23.1 Å². The fourth-order valence-corrected chi connectivity index (χ4v) is 2.00. The Hall–Kier alpha value is -0.960. The molecule has 0 fully saturated rings. The molecule has 0 aliphatic rings. The highest BCUT2D eigenvalue weighted by atomic mass is 35.5. The van der Waals surface area contributed by atoms with Crippen molar-refractivity contribution in [2.45, 2.75) is 46.5 Å². The number of nitrogens with one attached hydrogen (secondary N) is 1. The Balaban J connectivity index is 2.50. The molecule has 1 rings (SSSR count). The second-order valence-corrected chi connectivity index (χ2v) is 5.93. The first-order chi connectivity index (χ1) is 8.44. The Morgan fingerprint density at radius 3 is 2.72 bits per heavy atom. The van der Waals surface area contributed by atoms with Crippen molar-refractivity contribution in [3.8, 4) is 0 Å². The van der Waals surface area contributed by atoms with Gasteiger partial charge in [0, 0.05) is 6.54 Å². The van der Waals surface area contributed by atoms with Crippen LogP contribution in [-0.4, -0.2) is 11.5 Å². The highest BCUT2D eigenvalue weighted by Gasteiger charge is 2.17. The van der Waals surface area contributed by atoms with Crippen LogP contribution in [0.3, 0.4) is 0 Å². The van der Waals surface area contributed by atoms with Gasteiger partial charge in [-0.3, -0.25) is 0 Å². The molecule has 0 radical (unpaired) electrons. The van der Waals surface area contributed by atoms with Crippen molar-refractivity contribution in [1.29, 1.82) is 0 Å². The molecular formula is C14H24ClN3. The van der Waals surface area contributed by atoms with Gasteiger partial charge in [-0.2, -0.15) is 0 Å². The molecule has 1 aromatic heterocycles. The van der Waals surface area contributed by atoms with Crippen LogP contribution in [0, 0.1) is 5.41 Å². The number of hydrogen-bond donors (Lipinski definition) is 2. The van der Waals surface area contributed by atoms with E-state index in [9.17, 15) is 0 Å². The number of nitrogens with zero attached hydrogens (tertiary/aromatic N) is 1. The Morgan fingerprint density at radius 2 is 2.06 bits per heavy atom. The van der Waals surface area contributed by atoms with Gasteiger partial charge in [-0.05, 0) is 24.0 Å². The molecule has 1 aromatic rings. The number of aromatic nitrogens is 1. The van der Waals surface area contributed by atoms with Crippen molar-refractivity contribution in [2.24, 2.45) is 5.41 Å². The van der Waals surface area contributed by atoms with Crippen molar-refractivity contribution in [3.05, 3.63) is 17.3 Å². The maximum atomic E-state index is 5.86. The van der Waals surface area contributed by atoms with Gasteiger partial charge in [0.1, 0.15) is 5.15 Å². The molecule has 0 aliphatic heterocycles. The third-order valence-electron chi connectivity index (χ3n) is 3.08. The summed E-state index contributed by atoms with van der Waals surface area (Å²) in [6, 6.07) is 3.48. The number of nitrogens with two attached hydrogens (primary N) is 1. The molecule has 0 bridgehead atoms. The van der Waals surface area contributed by atoms with E-state index in [-0.39, 0.29) is 5.41 Å². The van der Waals surface area contributed by atoms with E-state index in [4.69, 9.17) is 17.3 Å². The third kappa shape index (κ3) is 5.13. The van der Waals surface area contributed by atoms with E-state index in [0.29, 0.717) is 16.7 Å². The summed E-state index contributed by atoms with van der Waals surface area (Å²) in [5.74, 6) is 0.686. The first kappa shape index (κ1) is 15.1. The lowest BCUT2D eigenvalue weighted by atomic mass is 9.87. The average molecular weight is 270 g/mol. The van der Waals surface area contributed by atoms with Crippen LogP contribution in [0.4, 0.5) is 11.5 Å². The van der Waals surface area contributed by atoms with Gasteiger partial charge in [-0.15, -0.1) is 0 Å². The van der Waals surface area contributed by atoms with E-state index in [2.05, 4.69) is 31.1 Å². The standard InChI is InChI=1S/C14H24ClN3/c1-4-5-6-9-14(2,3)10-17-13-11(16)7-8-12(15)18-13/h7-8H,4-6,9-10,16H2,1-3H3,(H,17,18). The predicted octanol–water partition coefficient (Wildman–Crippen LogP) is 4.34. The monoisotopic (exact) mass is 269 g/mol. The van der Waals surface area contributed by atoms with Gasteiger partial charge in [0.15, 0.2) is 5.82 Å². The van der Waals surface area contributed by atoms with Gasteiger partial charge >= 0.3 is 0 Å². The fourth-order valence-electron chi connectivity index (χ4n) is 1.85. The molecule has 0 aliphatic carbocycles. The molecule has 0 atom stereocenters. The average Bonchev–Trinajstić information content (AvgIpc) is 2.31. The van der Waals surface area contributed by atoms with E-state index in [1.165, 1.54) is 25.7 Å². The number of rotatable bonds is 7. The number of pyridine rings is 1. The lowest BCUT2D eigenvalue weighted by Crippen LogP contribution is -2.23. The molecule has 0 unspecified atom stereocenters. The van der Waals surface area contributed by atoms with Crippen LogP contribution in [0.25, 0.3) is 0 Å². The Bertz CT molecular complexity index is 377. The van der Waals surface area contributed by atoms with Crippen LogP contribution in [0.2, 0.25) is 5.15 Å². The molecule has 0 amide bonds. The molecule has 0 saturated carbocycles. The molecular weight excluding hydrogens is 246 g/mol. The minimum Gasteiger partial charge on any atom is -0.396 e. The summed E-state index contributed by atoms with van der Waals surface area (Å²) in [6.07, 6.45) is 5.02. The highest BCUT2D eigenvalue weighted by Crippen LogP contribution is 2.26. The second kappa shape index (κ2) is 6.83. The quantitative estimate of drug-likeness (QED) is 0.572. The van der Waals surface area contributed by atoms with Gasteiger partial charge in [-0.1, -0.05) is 51.6 Å². The molecule has 0 saturated heterocycles. The number of unbranched alkanes of at least 4 members (excludes halogenated alkanes) is 2. The van der Waals surface area contributed by atoms with E-state index >= 15 is 0 Å². The fraction of sp³-hybridized carbons (Fsp3) is 0.643. The van der Waals surface area contributed by atoms with Gasteiger partial charge in [-0.25, -0.2) is 4.98 Å². The lowest BCUT2D eigenvalue weighted by Gasteiger charge is -2.25. The van der Waals surface area contributed by atoms with E-state index in [1.807, 2.05) is 0 Å². The second-order valence-electron chi connectivity index (χ2n) is 5.55. The van der Waals surface area contributed by atoms with Crippen molar-refractivity contribution < 1.29 is 0 Å². The van der Waals surface area contributed by atoms with E-state index in [0.717, 1.165) is 6.54 Å². The SMILES string of the molecule is CCCCCC(C)(C)CNc1nc(Cl)ccc1N. The first-order valence-corrected chi connectivity index (χ1v) is 6.98. The summed E-state index contributed by atoms with van der Waals surface area (Å²) in [6.45, 7) is 7.60. The summed E-state index contributed by atoms with van der Waals surface area (Å²) in [4.78, 5) is 4.20. The molecule has 1 heterocycles. The zero-order valence-corrected chi connectivity index (χ0v) is 12.3. The lowest BCUT2D eigenvalue weighted by molar-refractivity contribution is 0.342. The van der Waals surface area contributed by atoms with E-state index < -0.39 is 0 Å². The largest absolute Gasteiger partial charge is 0.396 e. The Kier molecular flexibility index (Phi) is 5.73. The normalized spacial score (nSPS) is 11.6. The topological polar surface area (TPSA) is 50.9 Å². The summed E-state index contributed by atoms with van der Waals surface area (Å²) in [5.41, 5.74) is 6.74. The van der Waals surface area contributed by atoms with E-state index in [1.54, 1.807) is 12.1 Å². The molecule has 3 nitrogen and oxygen atoms in total. The van der Waals surface area contributed by atoms with Crippen molar-refractivity contribution in [2.75, 3.05) is 17.6 Å². The van der Waals surface area contributed by atoms with Crippen LogP contribution >= 0.6 is 11.6 Å². The molecule has 4 heteroatoms. The molecule has 0 spiro atoms. The smallest absolute Gasteiger partial charge is 0.150 e. The van der Waals surface area contributed by atoms with Gasteiger partial charge in [0.05, 0.1) is 5.69 Å². The first-order valence-electron chi connectivity index (χ1n) is 6.60. The maximum Gasteiger partial charge on any atom is 0.150 e. The van der Waals surface area contributed by atoms with Crippen LogP contribution in [0.1, 0.15) is 46.5 Å². The van der Waals surface area contributed by atoms with Crippen LogP contribution in [-0.2, 0) is 0 Å². The minimum atomic E-state index is 0.242. The maximum absolute atomic E-state index is 5.86. The summed E-state index contributed by atoms with van der Waals surface area (Å²) >= 11 is 5.86. The Labute approximate surface area is 115 Å². The zero-order valence-electron chi connectivity index (χ0n) is 11.6. The van der Waals surface area contributed by atoms with Gasteiger partial charge in [0.2, 0.25) is 0 Å². The van der Waals surface area contributed by atoms with Crippen LogP contribution in [0.5, 0.6) is 0 Å². The highest BCUT2D eigenvalue weighted by molar-refractivity contribution is 6.29. The van der Waals surface area contributed by atoms with Gasteiger partial charge in [0.25, 0.3) is 0 Å². The number of anilines is 2. The van der Waals surface area contributed by atoms with Crippen LogP contribution < -0.4 is 11.1 Å². The summed E-state index contributed by atoms with van der Waals surface area (Å²) < 4.78 is 0. The van der Waals surface area contributed by atoms with Crippen LogP contribution in [0.15, 0.2) is 12.1 Å². The predicted molar refractivity (Wildman–Crippen MR) is 80.1 cm³/mol. The molecule has 102 valence electrons. The Morgan fingerprint density at radius 1 is 1.33 bits per heavy atom. The zero-order chi connectivity index (χ0) is 13.6.